The van der Waals surface area contributed by atoms with E-state index < -0.39 is 6.10 Å². The second kappa shape index (κ2) is 6.55. The van der Waals surface area contributed by atoms with Crippen LogP contribution in [-0.2, 0) is 11.3 Å². The van der Waals surface area contributed by atoms with Gasteiger partial charge in [0.1, 0.15) is 11.6 Å². The molecule has 2 aromatic rings. The molecule has 1 aliphatic heterocycles. The monoisotopic (exact) mass is 333 g/mol. The molecule has 2 N–H and O–H groups in total. The van der Waals surface area contributed by atoms with Crippen LogP contribution in [0, 0.1) is 6.92 Å². The van der Waals surface area contributed by atoms with Crippen LogP contribution in [0.4, 0.5) is 16.2 Å². The molecule has 0 saturated carbocycles. The number of rotatable bonds is 5. The molecule has 1 atom stereocenters. The first-order chi connectivity index (χ1) is 11.1. The van der Waals surface area contributed by atoms with E-state index in [0.717, 1.165) is 26.8 Å². The summed E-state index contributed by atoms with van der Waals surface area (Å²) in [6.07, 6.45) is 0.912. The average molecular weight is 333 g/mol. The third-order valence-corrected chi connectivity index (χ3v) is 4.94. The summed E-state index contributed by atoms with van der Waals surface area (Å²) < 4.78 is 5.00. The summed E-state index contributed by atoms with van der Waals surface area (Å²) in [6, 6.07) is 5.81. The van der Waals surface area contributed by atoms with Crippen LogP contribution in [0.1, 0.15) is 28.5 Å². The number of amides is 1. The highest BCUT2D eigenvalue weighted by Gasteiger charge is 2.25. The van der Waals surface area contributed by atoms with Gasteiger partial charge < -0.3 is 15.2 Å². The van der Waals surface area contributed by atoms with E-state index in [1.807, 2.05) is 25.1 Å². The molecule has 23 heavy (non-hydrogen) atoms. The van der Waals surface area contributed by atoms with Crippen LogP contribution in [-0.4, -0.2) is 29.3 Å². The molecule has 3 rings (SSSR count). The van der Waals surface area contributed by atoms with Gasteiger partial charge in [0, 0.05) is 11.9 Å². The standard InChI is InChI=1S/C16H19N3O3S/c1-10-12(17-9-15-18-8-14(23-15)11(2)20)4-3-5-13(10)19-6-7-22-16(19)21/h3-5,8,11,17,20H,6-7,9H2,1-2H3. The van der Waals surface area contributed by atoms with Crippen LogP contribution in [0.3, 0.4) is 0 Å². The second-order valence-corrected chi connectivity index (χ2v) is 6.55. The lowest BCUT2D eigenvalue weighted by atomic mass is 10.1. The third-order valence-electron chi connectivity index (χ3n) is 3.77. The van der Waals surface area contributed by atoms with Crippen molar-refractivity contribution in [3.05, 3.63) is 39.8 Å². The number of hydrogen-bond donors (Lipinski definition) is 2. The van der Waals surface area contributed by atoms with E-state index in [1.54, 1.807) is 18.0 Å². The fourth-order valence-corrected chi connectivity index (χ4v) is 3.29. The van der Waals surface area contributed by atoms with Crippen LogP contribution >= 0.6 is 11.3 Å². The molecule has 1 aromatic carbocycles. The highest BCUT2D eigenvalue weighted by molar-refractivity contribution is 7.11. The SMILES string of the molecule is Cc1c(NCc2ncc(C(C)O)s2)cccc1N1CCOC1=O. The number of aromatic nitrogens is 1. The van der Waals surface area contributed by atoms with Gasteiger partial charge >= 0.3 is 6.09 Å². The lowest BCUT2D eigenvalue weighted by molar-refractivity contribution is 0.181. The molecule has 0 bridgehead atoms. The van der Waals surface area contributed by atoms with E-state index in [4.69, 9.17) is 4.74 Å². The Bertz CT molecular complexity index is 714. The van der Waals surface area contributed by atoms with Gasteiger partial charge in [0.25, 0.3) is 0 Å². The first-order valence-electron chi connectivity index (χ1n) is 7.46. The van der Waals surface area contributed by atoms with Crippen molar-refractivity contribution >= 4 is 28.8 Å². The number of hydrogen-bond acceptors (Lipinski definition) is 6. The maximum atomic E-state index is 11.7. The van der Waals surface area contributed by atoms with Gasteiger partial charge in [-0.05, 0) is 31.5 Å². The van der Waals surface area contributed by atoms with Crippen molar-refractivity contribution in [1.82, 2.24) is 4.98 Å². The zero-order valence-electron chi connectivity index (χ0n) is 13.1. The molecule has 0 aliphatic carbocycles. The normalized spacial score (nSPS) is 15.6. The zero-order chi connectivity index (χ0) is 16.4. The third kappa shape index (κ3) is 3.30. The summed E-state index contributed by atoms with van der Waals surface area (Å²) in [7, 11) is 0. The number of nitrogens with one attached hydrogen (secondary N) is 1. The van der Waals surface area contributed by atoms with Crippen molar-refractivity contribution < 1.29 is 14.6 Å². The Labute approximate surface area is 138 Å². The van der Waals surface area contributed by atoms with Gasteiger partial charge in [0.15, 0.2) is 0 Å². The van der Waals surface area contributed by atoms with Crippen LogP contribution in [0.5, 0.6) is 0 Å². The number of cyclic esters (lactones) is 1. The van der Waals surface area contributed by atoms with E-state index in [-0.39, 0.29) is 6.09 Å². The molecule has 122 valence electrons. The van der Waals surface area contributed by atoms with Gasteiger partial charge in [0.2, 0.25) is 0 Å². The van der Waals surface area contributed by atoms with Crippen LogP contribution in [0.2, 0.25) is 0 Å². The number of benzene rings is 1. The van der Waals surface area contributed by atoms with Crippen LogP contribution < -0.4 is 10.2 Å². The molecule has 6 nitrogen and oxygen atoms in total. The first kappa shape index (κ1) is 15.8. The van der Waals surface area contributed by atoms with E-state index in [1.165, 1.54) is 11.3 Å². The van der Waals surface area contributed by atoms with Crippen molar-refractivity contribution in [1.29, 1.82) is 0 Å². The van der Waals surface area contributed by atoms with E-state index in [2.05, 4.69) is 10.3 Å². The topological polar surface area (TPSA) is 74.7 Å². The Balaban J connectivity index is 1.74. The van der Waals surface area contributed by atoms with Gasteiger partial charge in [-0.15, -0.1) is 11.3 Å². The van der Waals surface area contributed by atoms with Gasteiger partial charge in [-0.2, -0.15) is 0 Å². The van der Waals surface area contributed by atoms with Gasteiger partial charge in [0.05, 0.1) is 29.8 Å². The molecule has 1 unspecified atom stereocenters. The van der Waals surface area contributed by atoms with E-state index >= 15 is 0 Å². The number of ether oxygens (including phenoxy) is 1. The van der Waals surface area contributed by atoms with Crippen molar-refractivity contribution in [2.24, 2.45) is 0 Å². The van der Waals surface area contributed by atoms with E-state index in [9.17, 15) is 9.90 Å². The van der Waals surface area contributed by atoms with Crippen molar-refractivity contribution in [3.63, 3.8) is 0 Å². The highest BCUT2D eigenvalue weighted by Crippen LogP contribution is 2.29. The summed E-state index contributed by atoms with van der Waals surface area (Å²) in [5.41, 5.74) is 2.82. The zero-order valence-corrected chi connectivity index (χ0v) is 13.9. The molecule has 2 heterocycles. The largest absolute Gasteiger partial charge is 0.447 e. The van der Waals surface area contributed by atoms with Crippen molar-refractivity contribution in [2.45, 2.75) is 26.5 Å². The summed E-state index contributed by atoms with van der Waals surface area (Å²) in [6.45, 7) is 5.29. The minimum atomic E-state index is -0.493. The summed E-state index contributed by atoms with van der Waals surface area (Å²) in [4.78, 5) is 18.5. The predicted molar refractivity (Wildman–Crippen MR) is 89.9 cm³/mol. The minimum Gasteiger partial charge on any atom is -0.447 e. The number of aliphatic hydroxyl groups is 1. The first-order valence-corrected chi connectivity index (χ1v) is 8.28. The number of aliphatic hydroxyl groups excluding tert-OH is 1. The number of anilines is 2. The predicted octanol–water partition coefficient (Wildman–Crippen LogP) is 3.07. The number of carbonyl (C=O) groups excluding carboxylic acids is 1. The maximum absolute atomic E-state index is 11.7. The fourth-order valence-electron chi connectivity index (χ4n) is 2.49. The lowest BCUT2D eigenvalue weighted by Crippen LogP contribution is -2.24. The molecule has 7 heteroatoms. The maximum Gasteiger partial charge on any atom is 0.414 e. The second-order valence-electron chi connectivity index (χ2n) is 5.40. The summed E-state index contributed by atoms with van der Waals surface area (Å²) >= 11 is 1.49. The molecule has 1 saturated heterocycles. The summed E-state index contributed by atoms with van der Waals surface area (Å²) in [5.74, 6) is 0. The van der Waals surface area contributed by atoms with Gasteiger partial charge in [-0.3, -0.25) is 4.90 Å². The van der Waals surface area contributed by atoms with Crippen LogP contribution in [0.25, 0.3) is 0 Å². The molecule has 1 fully saturated rings. The average Bonchev–Trinajstić information content (AvgIpc) is 3.15. The molecule has 1 aromatic heterocycles. The van der Waals surface area contributed by atoms with Gasteiger partial charge in [-0.1, -0.05) is 6.07 Å². The number of carbonyl (C=O) groups is 1. The smallest absolute Gasteiger partial charge is 0.414 e. The molecular weight excluding hydrogens is 314 g/mol. The van der Waals surface area contributed by atoms with E-state index in [0.29, 0.717) is 19.7 Å². The van der Waals surface area contributed by atoms with Crippen LogP contribution in [0.15, 0.2) is 24.4 Å². The lowest BCUT2D eigenvalue weighted by Gasteiger charge is -2.18. The Morgan fingerprint density at radius 1 is 1.52 bits per heavy atom. The fraction of sp³-hybridized carbons (Fsp3) is 0.375. The quantitative estimate of drug-likeness (QED) is 0.879. The molecule has 1 amide bonds. The van der Waals surface area contributed by atoms with Gasteiger partial charge in [-0.25, -0.2) is 9.78 Å². The molecule has 1 aliphatic rings. The summed E-state index contributed by atoms with van der Waals surface area (Å²) in [5, 5.41) is 13.8. The highest BCUT2D eigenvalue weighted by atomic mass is 32.1. The Hall–Kier alpha value is -2.12. The Kier molecular flexibility index (Phi) is 4.49. The number of thiazole rings is 1. The number of nitrogens with zero attached hydrogens (tertiary/aromatic N) is 2. The molecular formula is C16H19N3O3S. The molecule has 0 radical (unpaired) electrons. The van der Waals surface area contributed by atoms with Crippen molar-refractivity contribution in [3.8, 4) is 0 Å². The Morgan fingerprint density at radius 2 is 2.35 bits per heavy atom. The Morgan fingerprint density at radius 3 is 3.00 bits per heavy atom. The minimum absolute atomic E-state index is 0.299. The molecule has 0 spiro atoms. The van der Waals surface area contributed by atoms with Crippen molar-refractivity contribution in [2.75, 3.05) is 23.4 Å².